The van der Waals surface area contributed by atoms with Gasteiger partial charge in [0, 0.05) is 0 Å². The Hall–Kier alpha value is -0.520. The van der Waals surface area contributed by atoms with Crippen molar-refractivity contribution in [3.8, 4) is 0 Å². The molecule has 3 aliphatic carbocycles. The van der Waals surface area contributed by atoms with E-state index in [2.05, 4.69) is 31.2 Å². The highest BCUT2D eigenvalue weighted by Crippen LogP contribution is 2.66. The van der Waals surface area contributed by atoms with Crippen LogP contribution in [0.2, 0.25) is 0 Å². The molecule has 0 radical (unpaired) electrons. The van der Waals surface area contributed by atoms with E-state index in [-0.39, 0.29) is 0 Å². The van der Waals surface area contributed by atoms with E-state index in [1.807, 2.05) is 0 Å². The van der Waals surface area contributed by atoms with Gasteiger partial charge in [0.15, 0.2) is 0 Å². The summed E-state index contributed by atoms with van der Waals surface area (Å²) in [6, 6.07) is 0. The van der Waals surface area contributed by atoms with Crippen molar-refractivity contribution < 1.29 is 0 Å². The summed E-state index contributed by atoms with van der Waals surface area (Å²) in [5, 5.41) is 0. The second-order valence-electron chi connectivity index (χ2n) is 6.15. The molecule has 0 saturated heterocycles. The molecule has 0 nitrogen and oxygen atoms in total. The summed E-state index contributed by atoms with van der Waals surface area (Å²) in [7, 11) is 0. The third-order valence-corrected chi connectivity index (χ3v) is 5.31. The first-order valence-corrected chi connectivity index (χ1v) is 7.17. The second kappa shape index (κ2) is 4.05. The summed E-state index contributed by atoms with van der Waals surface area (Å²) in [5.74, 6) is 2.75. The fourth-order valence-corrected chi connectivity index (χ4v) is 4.30. The first-order chi connectivity index (χ1) is 7.84. The Morgan fingerprint density at radius 3 is 1.75 bits per heavy atom. The molecule has 3 rings (SSSR count). The molecule has 16 heavy (non-hydrogen) atoms. The van der Waals surface area contributed by atoms with E-state index in [4.69, 9.17) is 0 Å². The third-order valence-electron chi connectivity index (χ3n) is 5.31. The standard InChI is InChI=1S/C16H24/c1-13-12-16(13,14-8-4-2-5-9-14)15-10-6-3-7-11-15/h4,6,8,10,13-15H,2-3,5,7,9,11-12H2,1H3. The maximum Gasteiger partial charge on any atom is -0.0143 e. The zero-order chi connectivity index (χ0) is 11.0. The molecule has 0 heteroatoms. The molecular formula is C16H24. The van der Waals surface area contributed by atoms with Gasteiger partial charge in [-0.1, -0.05) is 31.2 Å². The van der Waals surface area contributed by atoms with Crippen LogP contribution in [0.3, 0.4) is 0 Å². The molecular weight excluding hydrogens is 192 g/mol. The van der Waals surface area contributed by atoms with Gasteiger partial charge in [0.1, 0.15) is 0 Å². The van der Waals surface area contributed by atoms with Crippen LogP contribution in [-0.4, -0.2) is 0 Å². The predicted molar refractivity (Wildman–Crippen MR) is 69.2 cm³/mol. The molecule has 0 N–H and O–H groups in total. The van der Waals surface area contributed by atoms with Crippen molar-refractivity contribution in [2.75, 3.05) is 0 Å². The van der Waals surface area contributed by atoms with Gasteiger partial charge in [-0.3, -0.25) is 0 Å². The fourth-order valence-electron chi connectivity index (χ4n) is 4.30. The van der Waals surface area contributed by atoms with E-state index in [1.54, 1.807) is 0 Å². The van der Waals surface area contributed by atoms with Gasteiger partial charge in [-0.2, -0.15) is 0 Å². The lowest BCUT2D eigenvalue weighted by molar-refractivity contribution is 0.217. The van der Waals surface area contributed by atoms with E-state index >= 15 is 0 Å². The SMILES string of the molecule is CC1CC1(C1C=CCCC1)C1C=CCCC1. The molecule has 3 aliphatic rings. The molecule has 0 bridgehead atoms. The lowest BCUT2D eigenvalue weighted by Crippen LogP contribution is -2.27. The number of rotatable bonds is 2. The molecule has 0 aromatic heterocycles. The number of hydrogen-bond acceptors (Lipinski definition) is 0. The van der Waals surface area contributed by atoms with Gasteiger partial charge in [-0.25, -0.2) is 0 Å². The van der Waals surface area contributed by atoms with Crippen LogP contribution < -0.4 is 0 Å². The van der Waals surface area contributed by atoms with Crippen molar-refractivity contribution in [2.24, 2.45) is 23.2 Å². The van der Waals surface area contributed by atoms with Gasteiger partial charge in [0.05, 0.1) is 0 Å². The maximum absolute atomic E-state index is 2.55. The van der Waals surface area contributed by atoms with Crippen molar-refractivity contribution in [3.05, 3.63) is 24.3 Å². The predicted octanol–water partition coefficient (Wildman–Crippen LogP) is 4.73. The van der Waals surface area contributed by atoms with Crippen LogP contribution in [0, 0.1) is 23.2 Å². The van der Waals surface area contributed by atoms with Crippen molar-refractivity contribution in [3.63, 3.8) is 0 Å². The summed E-state index contributed by atoms with van der Waals surface area (Å²) in [6.45, 7) is 2.48. The molecule has 3 atom stereocenters. The minimum absolute atomic E-state index is 0.674. The molecule has 0 aromatic rings. The molecule has 0 spiro atoms. The van der Waals surface area contributed by atoms with E-state index in [0.717, 1.165) is 17.8 Å². The van der Waals surface area contributed by atoms with E-state index < -0.39 is 0 Å². The lowest BCUT2D eigenvalue weighted by atomic mass is 9.70. The normalized spacial score (nSPS) is 46.9. The van der Waals surface area contributed by atoms with Gasteiger partial charge in [0.25, 0.3) is 0 Å². The average molecular weight is 216 g/mol. The van der Waals surface area contributed by atoms with Crippen molar-refractivity contribution in [2.45, 2.75) is 51.9 Å². The minimum atomic E-state index is 0.674. The van der Waals surface area contributed by atoms with Crippen molar-refractivity contribution >= 4 is 0 Å². The molecule has 88 valence electrons. The zero-order valence-electron chi connectivity index (χ0n) is 10.5. The molecule has 0 aromatic carbocycles. The molecule has 0 amide bonds. The van der Waals surface area contributed by atoms with E-state index in [1.165, 1.54) is 44.9 Å². The third kappa shape index (κ3) is 1.58. The molecule has 0 heterocycles. The highest BCUT2D eigenvalue weighted by Gasteiger charge is 2.58. The number of hydrogen-bond donors (Lipinski definition) is 0. The average Bonchev–Trinajstić information content (AvgIpc) is 3.05. The summed E-state index contributed by atoms with van der Waals surface area (Å²) < 4.78 is 0. The first-order valence-electron chi connectivity index (χ1n) is 7.17. The summed E-state index contributed by atoms with van der Waals surface area (Å²) in [4.78, 5) is 0. The maximum atomic E-state index is 2.55. The van der Waals surface area contributed by atoms with Gasteiger partial charge in [-0.05, 0) is 68.1 Å². The number of allylic oxidation sites excluding steroid dienone is 4. The van der Waals surface area contributed by atoms with Gasteiger partial charge < -0.3 is 0 Å². The summed E-state index contributed by atoms with van der Waals surface area (Å²) in [5.41, 5.74) is 0.674. The van der Waals surface area contributed by atoms with Gasteiger partial charge >= 0.3 is 0 Å². The van der Waals surface area contributed by atoms with Gasteiger partial charge in [0.2, 0.25) is 0 Å². The van der Waals surface area contributed by atoms with Crippen LogP contribution in [0.4, 0.5) is 0 Å². The van der Waals surface area contributed by atoms with Crippen LogP contribution in [0.15, 0.2) is 24.3 Å². The van der Waals surface area contributed by atoms with Crippen molar-refractivity contribution in [1.29, 1.82) is 0 Å². The Morgan fingerprint density at radius 2 is 1.44 bits per heavy atom. The molecule has 1 fully saturated rings. The van der Waals surface area contributed by atoms with E-state index in [0.29, 0.717) is 5.41 Å². The largest absolute Gasteiger partial charge is 0.0882 e. The van der Waals surface area contributed by atoms with Crippen LogP contribution in [-0.2, 0) is 0 Å². The Labute approximate surface area is 99.8 Å². The molecule has 0 aliphatic heterocycles. The molecule has 1 saturated carbocycles. The van der Waals surface area contributed by atoms with Gasteiger partial charge in [-0.15, -0.1) is 0 Å². The second-order valence-corrected chi connectivity index (χ2v) is 6.15. The Morgan fingerprint density at radius 1 is 0.938 bits per heavy atom. The quantitative estimate of drug-likeness (QED) is 0.586. The lowest BCUT2D eigenvalue weighted by Gasteiger charge is -2.35. The Kier molecular flexibility index (Phi) is 2.69. The smallest absolute Gasteiger partial charge is 0.0143 e. The highest BCUT2D eigenvalue weighted by atomic mass is 14.6. The Balaban J connectivity index is 1.82. The van der Waals surface area contributed by atoms with Crippen LogP contribution in [0.25, 0.3) is 0 Å². The first kappa shape index (κ1) is 10.6. The minimum Gasteiger partial charge on any atom is -0.0882 e. The Bertz CT molecular complexity index is 286. The topological polar surface area (TPSA) is 0 Å². The fraction of sp³-hybridized carbons (Fsp3) is 0.750. The monoisotopic (exact) mass is 216 g/mol. The summed E-state index contributed by atoms with van der Waals surface area (Å²) >= 11 is 0. The van der Waals surface area contributed by atoms with Crippen LogP contribution >= 0.6 is 0 Å². The zero-order valence-corrected chi connectivity index (χ0v) is 10.5. The van der Waals surface area contributed by atoms with E-state index in [9.17, 15) is 0 Å². The van der Waals surface area contributed by atoms with Crippen molar-refractivity contribution in [1.82, 2.24) is 0 Å². The highest BCUT2D eigenvalue weighted by molar-refractivity contribution is 5.18. The summed E-state index contributed by atoms with van der Waals surface area (Å²) in [6.07, 6.45) is 19.8. The van der Waals surface area contributed by atoms with Crippen LogP contribution in [0.5, 0.6) is 0 Å². The molecule has 3 unspecified atom stereocenters. The van der Waals surface area contributed by atoms with Crippen LogP contribution in [0.1, 0.15) is 51.9 Å².